The number of aromatic carboxylic acids is 1. The maximum absolute atomic E-state index is 12.9. The summed E-state index contributed by atoms with van der Waals surface area (Å²) < 4.78 is 13.6. The molecule has 20 heavy (non-hydrogen) atoms. The van der Waals surface area contributed by atoms with Crippen LogP contribution in [0.15, 0.2) is 46.9 Å². The van der Waals surface area contributed by atoms with Crippen molar-refractivity contribution < 1.29 is 14.3 Å². The number of carbonyl (C=O) groups is 1. The third-order valence-corrected chi connectivity index (χ3v) is 3.71. The average molecular weight is 338 g/mol. The van der Waals surface area contributed by atoms with Crippen molar-refractivity contribution in [1.82, 2.24) is 0 Å². The standard InChI is InChI=1S/C15H13BrFNO2/c1-18(13-6-4-12(17)5-7-13)9-11-3-2-10(15(19)20)8-14(11)16/h2-8H,9H2,1H3,(H,19,20). The van der Waals surface area contributed by atoms with E-state index in [1.165, 1.54) is 12.1 Å². The molecule has 1 N–H and O–H groups in total. The molecular weight excluding hydrogens is 325 g/mol. The van der Waals surface area contributed by atoms with Crippen molar-refractivity contribution in [2.24, 2.45) is 0 Å². The molecule has 0 aliphatic carbocycles. The highest BCUT2D eigenvalue weighted by Gasteiger charge is 2.09. The molecule has 0 unspecified atom stereocenters. The van der Waals surface area contributed by atoms with Crippen LogP contribution >= 0.6 is 15.9 Å². The van der Waals surface area contributed by atoms with Gasteiger partial charge in [-0.05, 0) is 42.0 Å². The predicted octanol–water partition coefficient (Wildman–Crippen LogP) is 3.92. The normalized spacial score (nSPS) is 10.3. The van der Waals surface area contributed by atoms with E-state index in [-0.39, 0.29) is 11.4 Å². The number of nitrogens with zero attached hydrogens (tertiary/aromatic N) is 1. The van der Waals surface area contributed by atoms with Crippen LogP contribution in [0.5, 0.6) is 0 Å². The van der Waals surface area contributed by atoms with Gasteiger partial charge in [-0.15, -0.1) is 0 Å². The average Bonchev–Trinajstić information content (AvgIpc) is 2.41. The molecule has 3 nitrogen and oxygen atoms in total. The number of halogens is 2. The number of benzene rings is 2. The molecule has 0 radical (unpaired) electrons. The zero-order chi connectivity index (χ0) is 14.7. The smallest absolute Gasteiger partial charge is 0.335 e. The lowest BCUT2D eigenvalue weighted by Crippen LogP contribution is -2.16. The van der Waals surface area contributed by atoms with Crippen LogP contribution in [0.25, 0.3) is 0 Å². The summed E-state index contributed by atoms with van der Waals surface area (Å²) in [5.74, 6) is -1.22. The molecule has 0 heterocycles. The summed E-state index contributed by atoms with van der Waals surface area (Å²) in [7, 11) is 1.89. The fraction of sp³-hybridized carbons (Fsp3) is 0.133. The summed E-state index contributed by atoms with van der Waals surface area (Å²) in [6.07, 6.45) is 0. The van der Waals surface area contributed by atoms with E-state index in [0.717, 1.165) is 15.7 Å². The molecule has 5 heteroatoms. The van der Waals surface area contributed by atoms with E-state index < -0.39 is 5.97 Å². The zero-order valence-electron chi connectivity index (χ0n) is 10.8. The summed E-state index contributed by atoms with van der Waals surface area (Å²) >= 11 is 3.38. The molecule has 0 fully saturated rings. The Morgan fingerprint density at radius 3 is 2.45 bits per heavy atom. The van der Waals surface area contributed by atoms with Crippen molar-refractivity contribution in [2.75, 3.05) is 11.9 Å². The van der Waals surface area contributed by atoms with Crippen LogP contribution in [-0.4, -0.2) is 18.1 Å². The Morgan fingerprint density at radius 1 is 1.25 bits per heavy atom. The highest BCUT2D eigenvalue weighted by Crippen LogP contribution is 2.22. The molecule has 0 amide bonds. The van der Waals surface area contributed by atoms with Gasteiger partial charge in [-0.1, -0.05) is 22.0 Å². The second kappa shape index (κ2) is 6.05. The van der Waals surface area contributed by atoms with E-state index in [0.29, 0.717) is 6.54 Å². The van der Waals surface area contributed by atoms with Crippen molar-refractivity contribution >= 4 is 27.6 Å². The van der Waals surface area contributed by atoms with E-state index in [1.807, 2.05) is 11.9 Å². The minimum absolute atomic E-state index is 0.241. The van der Waals surface area contributed by atoms with Crippen molar-refractivity contribution in [3.63, 3.8) is 0 Å². The van der Waals surface area contributed by atoms with Gasteiger partial charge >= 0.3 is 5.97 Å². The molecule has 0 saturated carbocycles. The summed E-state index contributed by atoms with van der Waals surface area (Å²) in [5.41, 5.74) is 2.09. The summed E-state index contributed by atoms with van der Waals surface area (Å²) in [5, 5.41) is 8.92. The summed E-state index contributed by atoms with van der Waals surface area (Å²) in [4.78, 5) is 12.8. The molecule has 0 aliphatic heterocycles. The molecule has 2 aromatic rings. The van der Waals surface area contributed by atoms with Gasteiger partial charge in [-0.2, -0.15) is 0 Å². The molecule has 2 aromatic carbocycles. The fourth-order valence-corrected chi connectivity index (χ4v) is 2.36. The minimum Gasteiger partial charge on any atom is -0.478 e. The van der Waals surface area contributed by atoms with Crippen LogP contribution in [0.4, 0.5) is 10.1 Å². The topological polar surface area (TPSA) is 40.5 Å². The third-order valence-electron chi connectivity index (χ3n) is 2.97. The molecule has 0 atom stereocenters. The molecule has 0 saturated heterocycles. The lowest BCUT2D eigenvalue weighted by molar-refractivity contribution is 0.0697. The third kappa shape index (κ3) is 3.36. The number of hydrogen-bond acceptors (Lipinski definition) is 2. The van der Waals surface area contributed by atoms with Gasteiger partial charge in [0.05, 0.1) is 5.56 Å². The van der Waals surface area contributed by atoms with Gasteiger partial charge in [0, 0.05) is 23.8 Å². The highest BCUT2D eigenvalue weighted by atomic mass is 79.9. The molecule has 104 valence electrons. The Bertz CT molecular complexity index is 628. The van der Waals surface area contributed by atoms with E-state index in [2.05, 4.69) is 15.9 Å². The van der Waals surface area contributed by atoms with E-state index in [9.17, 15) is 9.18 Å². The van der Waals surface area contributed by atoms with Crippen LogP contribution < -0.4 is 4.90 Å². The van der Waals surface area contributed by atoms with Crippen molar-refractivity contribution in [1.29, 1.82) is 0 Å². The largest absolute Gasteiger partial charge is 0.478 e. The first-order chi connectivity index (χ1) is 9.47. The SMILES string of the molecule is CN(Cc1ccc(C(=O)O)cc1Br)c1ccc(F)cc1. The number of hydrogen-bond donors (Lipinski definition) is 1. The van der Waals surface area contributed by atoms with E-state index in [4.69, 9.17) is 5.11 Å². The van der Waals surface area contributed by atoms with Crippen LogP contribution in [0.2, 0.25) is 0 Å². The van der Waals surface area contributed by atoms with Crippen molar-refractivity contribution in [3.8, 4) is 0 Å². The number of rotatable bonds is 4. The Labute approximate surface area is 124 Å². The first-order valence-corrected chi connectivity index (χ1v) is 6.75. The monoisotopic (exact) mass is 337 g/mol. The first-order valence-electron chi connectivity index (χ1n) is 5.96. The second-order valence-corrected chi connectivity index (χ2v) is 5.30. The highest BCUT2D eigenvalue weighted by molar-refractivity contribution is 9.10. The molecule has 0 aliphatic rings. The van der Waals surface area contributed by atoms with Crippen LogP contribution in [-0.2, 0) is 6.54 Å². The number of anilines is 1. The van der Waals surface area contributed by atoms with E-state index in [1.54, 1.807) is 30.3 Å². The van der Waals surface area contributed by atoms with Gasteiger partial charge in [0.25, 0.3) is 0 Å². The van der Waals surface area contributed by atoms with Gasteiger partial charge < -0.3 is 10.0 Å². The van der Waals surface area contributed by atoms with Gasteiger partial charge in [0.2, 0.25) is 0 Å². The Hall–Kier alpha value is -1.88. The van der Waals surface area contributed by atoms with Crippen molar-refractivity contribution in [2.45, 2.75) is 6.54 Å². The maximum atomic E-state index is 12.9. The number of carboxylic acid groups (broad SMARTS) is 1. The first kappa shape index (κ1) is 14.5. The van der Waals surface area contributed by atoms with Gasteiger partial charge in [-0.25, -0.2) is 9.18 Å². The van der Waals surface area contributed by atoms with Gasteiger partial charge in [-0.3, -0.25) is 0 Å². The molecule has 0 spiro atoms. The zero-order valence-corrected chi connectivity index (χ0v) is 12.4. The van der Waals surface area contributed by atoms with Gasteiger partial charge in [0.15, 0.2) is 0 Å². The minimum atomic E-state index is -0.955. The fourth-order valence-electron chi connectivity index (χ4n) is 1.85. The molecule has 2 rings (SSSR count). The summed E-state index contributed by atoms with van der Waals surface area (Å²) in [6.45, 7) is 0.589. The maximum Gasteiger partial charge on any atom is 0.335 e. The number of carboxylic acids is 1. The molecule has 0 aromatic heterocycles. The Balaban J connectivity index is 2.17. The quantitative estimate of drug-likeness (QED) is 0.919. The molecular formula is C15H13BrFNO2. The molecule has 0 bridgehead atoms. The lowest BCUT2D eigenvalue weighted by Gasteiger charge is -2.20. The van der Waals surface area contributed by atoms with Crippen LogP contribution in [0.1, 0.15) is 15.9 Å². The predicted molar refractivity (Wildman–Crippen MR) is 79.6 cm³/mol. The van der Waals surface area contributed by atoms with E-state index >= 15 is 0 Å². The Kier molecular flexibility index (Phi) is 4.39. The van der Waals surface area contributed by atoms with Crippen molar-refractivity contribution in [3.05, 3.63) is 63.9 Å². The summed E-state index contributed by atoms with van der Waals surface area (Å²) in [6, 6.07) is 11.1. The van der Waals surface area contributed by atoms with Crippen LogP contribution in [0, 0.1) is 5.82 Å². The van der Waals surface area contributed by atoms with Crippen LogP contribution in [0.3, 0.4) is 0 Å². The van der Waals surface area contributed by atoms with Gasteiger partial charge in [0.1, 0.15) is 5.82 Å². The lowest BCUT2D eigenvalue weighted by atomic mass is 10.1. The Morgan fingerprint density at radius 2 is 1.90 bits per heavy atom. The second-order valence-electron chi connectivity index (χ2n) is 4.44.